The molecule has 0 N–H and O–H groups in total. The second kappa shape index (κ2) is 11.7. The van der Waals surface area contributed by atoms with E-state index in [1.165, 1.54) is 11.1 Å². The Morgan fingerprint density at radius 2 is 1.20 bits per heavy atom. The number of fused-ring (bicyclic) bond motifs is 3. The SMILES string of the molecule is Cc1ccccc1C1=N[C@H](COp2oc3c(C(C)(C)C)cc(C(C)(C)C)cc3c3cc(C(C)(C)C)cc(C(C)(C)C)c3o2)CO1. The van der Waals surface area contributed by atoms with Crippen LogP contribution in [0.3, 0.4) is 0 Å². The topological polar surface area (TPSA) is 57.1 Å². The number of rotatable bonds is 4. The van der Waals surface area contributed by atoms with Gasteiger partial charge in [0.05, 0.1) is 6.61 Å². The van der Waals surface area contributed by atoms with Gasteiger partial charge in [0.2, 0.25) is 5.90 Å². The summed E-state index contributed by atoms with van der Waals surface area (Å²) >= 11 is 0. The Morgan fingerprint density at radius 1 is 0.711 bits per heavy atom. The monoisotopic (exact) mass is 629 g/mol. The fourth-order valence-electron chi connectivity index (χ4n) is 5.66. The van der Waals surface area contributed by atoms with E-state index in [9.17, 15) is 0 Å². The van der Waals surface area contributed by atoms with E-state index in [4.69, 9.17) is 22.6 Å². The molecule has 242 valence electrons. The smallest absolute Gasteiger partial charge is 0.387 e. The van der Waals surface area contributed by atoms with Gasteiger partial charge in [-0.05, 0) is 63.5 Å². The van der Waals surface area contributed by atoms with Crippen molar-refractivity contribution in [3.05, 3.63) is 81.9 Å². The molecule has 3 aromatic carbocycles. The van der Waals surface area contributed by atoms with Crippen molar-refractivity contribution < 1.29 is 17.7 Å². The van der Waals surface area contributed by atoms with Gasteiger partial charge in [0.15, 0.2) is 0 Å². The summed E-state index contributed by atoms with van der Waals surface area (Å²) in [6.07, 6.45) is 0. The Kier molecular flexibility index (Phi) is 8.64. The van der Waals surface area contributed by atoms with Crippen LogP contribution >= 0.6 is 8.24 Å². The summed E-state index contributed by atoms with van der Waals surface area (Å²) in [6, 6.07) is 17.3. The van der Waals surface area contributed by atoms with Gasteiger partial charge in [0.25, 0.3) is 0 Å². The molecule has 1 aliphatic rings. The molecule has 0 aliphatic carbocycles. The molecule has 5 rings (SSSR count). The van der Waals surface area contributed by atoms with Gasteiger partial charge in [-0.3, -0.25) is 4.52 Å². The summed E-state index contributed by atoms with van der Waals surface area (Å²) in [7, 11) is -1.79. The molecule has 0 fully saturated rings. The molecular weight excluding hydrogens is 577 g/mol. The van der Waals surface area contributed by atoms with Crippen LogP contribution in [-0.2, 0) is 26.4 Å². The molecule has 1 atom stereocenters. The van der Waals surface area contributed by atoms with Crippen molar-refractivity contribution in [1.29, 1.82) is 0 Å². The molecule has 1 aliphatic heterocycles. The third kappa shape index (κ3) is 7.05. The molecule has 0 amide bonds. The zero-order valence-electron chi connectivity index (χ0n) is 29.6. The molecule has 6 heteroatoms. The molecule has 5 nitrogen and oxygen atoms in total. The van der Waals surface area contributed by atoms with Crippen molar-refractivity contribution in [2.24, 2.45) is 4.99 Å². The molecule has 45 heavy (non-hydrogen) atoms. The molecule has 0 saturated heterocycles. The average Bonchev–Trinajstić information content (AvgIpc) is 3.31. The van der Waals surface area contributed by atoms with Gasteiger partial charge >= 0.3 is 8.24 Å². The lowest BCUT2D eigenvalue weighted by Crippen LogP contribution is -2.17. The molecule has 0 spiro atoms. The number of aliphatic imine (C=N–C) groups is 1. The number of nitrogens with zero attached hydrogens (tertiary/aromatic N) is 1. The Balaban J connectivity index is 1.77. The van der Waals surface area contributed by atoms with Crippen LogP contribution in [-0.4, -0.2) is 25.2 Å². The molecule has 0 radical (unpaired) electrons. The molecule has 0 unspecified atom stereocenters. The van der Waals surface area contributed by atoms with E-state index >= 15 is 0 Å². The first-order chi connectivity index (χ1) is 20.7. The van der Waals surface area contributed by atoms with Crippen LogP contribution in [0.4, 0.5) is 0 Å². The summed E-state index contributed by atoms with van der Waals surface area (Å²) < 4.78 is 26.3. The summed E-state index contributed by atoms with van der Waals surface area (Å²) in [5.74, 6) is 0.669. The van der Waals surface area contributed by atoms with E-state index in [2.05, 4.69) is 120 Å². The van der Waals surface area contributed by atoms with Gasteiger partial charge < -0.3 is 13.1 Å². The first kappa shape index (κ1) is 33.4. The van der Waals surface area contributed by atoms with Crippen molar-refractivity contribution in [2.45, 2.75) is 118 Å². The fraction of sp³-hybridized carbons (Fsp3) is 0.513. The van der Waals surface area contributed by atoms with Gasteiger partial charge in [-0.15, -0.1) is 0 Å². The lowest BCUT2D eigenvalue weighted by molar-refractivity contribution is 0.270. The number of hydrogen-bond donors (Lipinski definition) is 0. The van der Waals surface area contributed by atoms with Crippen LogP contribution in [0.2, 0.25) is 0 Å². The predicted octanol–water partition coefficient (Wildman–Crippen LogP) is 11.1. The fourth-order valence-corrected chi connectivity index (χ4v) is 6.79. The van der Waals surface area contributed by atoms with Crippen molar-refractivity contribution in [3.8, 4) is 0 Å². The maximum Gasteiger partial charge on any atom is 0.387 e. The van der Waals surface area contributed by atoms with Gasteiger partial charge in [0, 0.05) is 27.5 Å². The maximum atomic E-state index is 6.88. The average molecular weight is 630 g/mol. The Bertz CT molecular complexity index is 1710. The van der Waals surface area contributed by atoms with Gasteiger partial charge in [-0.25, -0.2) is 4.99 Å². The minimum absolute atomic E-state index is 0.0482. The van der Waals surface area contributed by atoms with E-state index < -0.39 is 8.24 Å². The third-order valence-electron chi connectivity index (χ3n) is 8.61. The minimum Gasteiger partial charge on any atom is -0.475 e. The molecular formula is C39H52NO4P. The van der Waals surface area contributed by atoms with Crippen LogP contribution < -0.4 is 4.52 Å². The number of benzene rings is 3. The minimum atomic E-state index is -1.79. The summed E-state index contributed by atoms with van der Waals surface area (Å²) in [5.41, 5.74) is 8.26. The standard InChI is InChI=1S/C39H52NO4P/c1-24-16-14-15-17-28(24)35-40-27(22-41-35)23-42-45-43-33-29(18-25(36(2,3)4)20-31(33)38(8,9)10)30-19-26(37(5,6)7)21-32(34(30)44-45)39(11,12)13/h14-21,27H,22-23H2,1-13H3/t27-/m0/s1. The highest BCUT2D eigenvalue weighted by molar-refractivity contribution is 7.31. The van der Waals surface area contributed by atoms with Crippen molar-refractivity contribution in [1.82, 2.24) is 0 Å². The number of hydrogen-bond acceptors (Lipinski definition) is 5. The van der Waals surface area contributed by atoms with E-state index in [-0.39, 0.29) is 27.7 Å². The molecule has 0 bridgehead atoms. The molecule has 0 saturated carbocycles. The lowest BCUT2D eigenvalue weighted by Gasteiger charge is -2.27. The normalized spacial score (nSPS) is 16.3. The van der Waals surface area contributed by atoms with E-state index in [1.54, 1.807) is 0 Å². The highest BCUT2D eigenvalue weighted by atomic mass is 31.1. The van der Waals surface area contributed by atoms with Crippen LogP contribution in [0.5, 0.6) is 0 Å². The molecule has 1 aromatic heterocycles. The van der Waals surface area contributed by atoms with Crippen LogP contribution in [0.1, 0.15) is 116 Å². The summed E-state index contributed by atoms with van der Waals surface area (Å²) in [4.78, 5) is 4.88. The van der Waals surface area contributed by atoms with Crippen LogP contribution in [0.15, 0.2) is 61.9 Å². The van der Waals surface area contributed by atoms with Crippen LogP contribution in [0, 0.1) is 6.92 Å². The van der Waals surface area contributed by atoms with E-state index in [1.807, 2.05) is 18.2 Å². The second-order valence-electron chi connectivity index (χ2n) is 16.7. The molecule has 4 aromatic rings. The van der Waals surface area contributed by atoms with Crippen molar-refractivity contribution >= 4 is 36.1 Å². The zero-order chi connectivity index (χ0) is 33.1. The quantitative estimate of drug-likeness (QED) is 0.225. The van der Waals surface area contributed by atoms with Gasteiger partial charge in [-0.1, -0.05) is 113 Å². The Labute approximate surface area is 271 Å². The Morgan fingerprint density at radius 3 is 1.64 bits per heavy atom. The van der Waals surface area contributed by atoms with Gasteiger partial charge in [-0.2, -0.15) is 0 Å². The predicted molar refractivity (Wildman–Crippen MR) is 190 cm³/mol. The number of ether oxygens (including phenoxy) is 1. The Hall–Kier alpha value is -3.01. The lowest BCUT2D eigenvalue weighted by atomic mass is 9.77. The third-order valence-corrected chi connectivity index (χ3v) is 9.63. The van der Waals surface area contributed by atoms with E-state index in [0.717, 1.165) is 44.2 Å². The molecule has 2 heterocycles. The van der Waals surface area contributed by atoms with Crippen molar-refractivity contribution in [2.75, 3.05) is 13.2 Å². The number of aryl methyl sites for hydroxylation is 1. The zero-order valence-corrected chi connectivity index (χ0v) is 30.5. The van der Waals surface area contributed by atoms with Crippen molar-refractivity contribution in [3.63, 3.8) is 0 Å². The highest BCUT2D eigenvalue weighted by Gasteiger charge is 2.29. The first-order valence-electron chi connectivity index (χ1n) is 16.2. The van der Waals surface area contributed by atoms with Gasteiger partial charge in [0.1, 0.15) is 23.8 Å². The summed E-state index contributed by atoms with van der Waals surface area (Å²) in [6.45, 7) is 30.0. The first-order valence-corrected chi connectivity index (χ1v) is 17.3. The van der Waals surface area contributed by atoms with E-state index in [0.29, 0.717) is 19.1 Å². The highest BCUT2D eigenvalue weighted by Crippen LogP contribution is 2.45. The summed E-state index contributed by atoms with van der Waals surface area (Å²) in [5, 5.41) is 2.13. The largest absolute Gasteiger partial charge is 0.475 e. The van der Waals surface area contributed by atoms with Crippen LogP contribution in [0.25, 0.3) is 21.9 Å². The maximum absolute atomic E-state index is 6.88. The second-order valence-corrected chi connectivity index (χ2v) is 17.8.